The van der Waals surface area contributed by atoms with Gasteiger partial charge in [-0.15, -0.1) is 0 Å². The van der Waals surface area contributed by atoms with Crippen molar-refractivity contribution in [3.63, 3.8) is 0 Å². The number of aliphatic hydroxyl groups excluding tert-OH is 1. The van der Waals surface area contributed by atoms with Gasteiger partial charge in [0.2, 0.25) is 0 Å². The van der Waals surface area contributed by atoms with E-state index in [1.54, 1.807) is 0 Å². The highest BCUT2D eigenvalue weighted by molar-refractivity contribution is 6.30. The molecule has 19 heavy (non-hydrogen) atoms. The van der Waals surface area contributed by atoms with Crippen LogP contribution in [-0.2, 0) is 0 Å². The molecule has 1 saturated carbocycles. The molecule has 0 spiro atoms. The van der Waals surface area contributed by atoms with Gasteiger partial charge in [-0.1, -0.05) is 37.3 Å². The van der Waals surface area contributed by atoms with Gasteiger partial charge in [0.25, 0.3) is 0 Å². The molecule has 2 atom stereocenters. The van der Waals surface area contributed by atoms with Crippen molar-refractivity contribution >= 4 is 11.6 Å². The van der Waals surface area contributed by atoms with Crippen molar-refractivity contribution in [2.45, 2.75) is 57.2 Å². The SMILES string of the molecule is O[C@H]1CC(C2CCCCCC2)Oc2ccc(Cl)cc21. The molecule has 3 rings (SSSR count). The van der Waals surface area contributed by atoms with E-state index in [1.807, 2.05) is 18.2 Å². The van der Waals surface area contributed by atoms with Gasteiger partial charge < -0.3 is 9.84 Å². The minimum atomic E-state index is -0.435. The zero-order valence-electron chi connectivity index (χ0n) is 11.1. The molecule has 2 nitrogen and oxygen atoms in total. The van der Waals surface area contributed by atoms with Crippen molar-refractivity contribution in [2.24, 2.45) is 5.92 Å². The van der Waals surface area contributed by atoms with Crippen LogP contribution in [0.4, 0.5) is 0 Å². The summed E-state index contributed by atoms with van der Waals surface area (Å²) in [5, 5.41) is 11.0. The molecule has 0 aromatic heterocycles. The number of rotatable bonds is 1. The first kappa shape index (κ1) is 13.3. The average Bonchev–Trinajstić information content (AvgIpc) is 2.68. The van der Waals surface area contributed by atoms with Gasteiger partial charge in [0.15, 0.2) is 0 Å². The van der Waals surface area contributed by atoms with Crippen LogP contribution in [-0.4, -0.2) is 11.2 Å². The Balaban J connectivity index is 1.78. The Hall–Kier alpha value is -0.730. The van der Waals surface area contributed by atoms with Crippen molar-refractivity contribution in [2.75, 3.05) is 0 Å². The summed E-state index contributed by atoms with van der Waals surface area (Å²) >= 11 is 5.98. The fourth-order valence-corrected chi connectivity index (χ4v) is 3.60. The Labute approximate surface area is 119 Å². The quantitative estimate of drug-likeness (QED) is 0.768. The summed E-state index contributed by atoms with van der Waals surface area (Å²) in [6.07, 6.45) is 8.20. The van der Waals surface area contributed by atoms with Crippen LogP contribution in [0.1, 0.15) is 56.6 Å². The van der Waals surface area contributed by atoms with Gasteiger partial charge >= 0.3 is 0 Å². The molecule has 1 aliphatic carbocycles. The third kappa shape index (κ3) is 2.90. The number of hydrogen-bond acceptors (Lipinski definition) is 2. The predicted molar refractivity (Wildman–Crippen MR) is 76.6 cm³/mol. The molecule has 1 aromatic rings. The summed E-state index contributed by atoms with van der Waals surface area (Å²) in [6.45, 7) is 0. The molecule has 1 fully saturated rings. The molecule has 1 aliphatic heterocycles. The maximum absolute atomic E-state index is 10.3. The van der Waals surface area contributed by atoms with Crippen LogP contribution in [0.25, 0.3) is 0 Å². The first-order valence-corrected chi connectivity index (χ1v) is 7.76. The van der Waals surface area contributed by atoms with E-state index in [9.17, 15) is 5.11 Å². The van der Waals surface area contributed by atoms with E-state index in [2.05, 4.69) is 0 Å². The van der Waals surface area contributed by atoms with E-state index in [4.69, 9.17) is 16.3 Å². The Morgan fingerprint density at radius 1 is 1.11 bits per heavy atom. The zero-order chi connectivity index (χ0) is 13.2. The maximum atomic E-state index is 10.3. The maximum Gasteiger partial charge on any atom is 0.125 e. The highest BCUT2D eigenvalue weighted by Crippen LogP contribution is 2.40. The molecule has 1 aromatic carbocycles. The predicted octanol–water partition coefficient (Wildman–Crippen LogP) is 4.49. The van der Waals surface area contributed by atoms with Crippen molar-refractivity contribution < 1.29 is 9.84 Å². The smallest absolute Gasteiger partial charge is 0.125 e. The summed E-state index contributed by atoms with van der Waals surface area (Å²) in [5.41, 5.74) is 0.845. The van der Waals surface area contributed by atoms with Gasteiger partial charge in [-0.2, -0.15) is 0 Å². The minimum absolute atomic E-state index is 0.168. The van der Waals surface area contributed by atoms with E-state index in [-0.39, 0.29) is 6.10 Å². The molecule has 0 amide bonds. The van der Waals surface area contributed by atoms with Crippen LogP contribution in [0.2, 0.25) is 5.02 Å². The molecule has 104 valence electrons. The van der Waals surface area contributed by atoms with Crippen molar-refractivity contribution in [1.29, 1.82) is 0 Å². The molecular weight excluding hydrogens is 260 g/mol. The molecule has 1 heterocycles. The first-order valence-electron chi connectivity index (χ1n) is 7.38. The van der Waals surface area contributed by atoms with Gasteiger partial charge in [-0.3, -0.25) is 0 Å². The molecule has 1 unspecified atom stereocenters. The van der Waals surface area contributed by atoms with Crippen molar-refractivity contribution in [1.82, 2.24) is 0 Å². The van der Waals surface area contributed by atoms with Crippen LogP contribution in [0.3, 0.4) is 0 Å². The third-order valence-electron chi connectivity index (χ3n) is 4.49. The highest BCUT2D eigenvalue weighted by Gasteiger charge is 2.32. The second-order valence-electron chi connectivity index (χ2n) is 5.84. The Bertz CT molecular complexity index is 438. The van der Waals surface area contributed by atoms with Gasteiger partial charge in [-0.05, 0) is 37.0 Å². The van der Waals surface area contributed by atoms with Crippen molar-refractivity contribution in [3.05, 3.63) is 28.8 Å². The number of aliphatic hydroxyl groups is 1. The van der Waals surface area contributed by atoms with Crippen molar-refractivity contribution in [3.8, 4) is 5.75 Å². The number of ether oxygens (including phenoxy) is 1. The lowest BCUT2D eigenvalue weighted by atomic mass is 9.87. The van der Waals surface area contributed by atoms with Crippen LogP contribution in [0.15, 0.2) is 18.2 Å². The Morgan fingerprint density at radius 3 is 2.58 bits per heavy atom. The normalized spacial score (nSPS) is 28.3. The standard InChI is InChI=1S/C16H21ClO2/c17-12-7-8-15-13(9-12)14(18)10-16(19-15)11-5-3-1-2-4-6-11/h7-9,11,14,16,18H,1-6,10H2/t14-,16?/m0/s1. The number of benzene rings is 1. The Morgan fingerprint density at radius 2 is 1.84 bits per heavy atom. The molecule has 0 radical (unpaired) electrons. The lowest BCUT2D eigenvalue weighted by Crippen LogP contribution is -2.32. The second kappa shape index (κ2) is 5.72. The molecule has 1 N–H and O–H groups in total. The fraction of sp³-hybridized carbons (Fsp3) is 0.625. The van der Waals surface area contributed by atoms with E-state index in [1.165, 1.54) is 38.5 Å². The summed E-state index contributed by atoms with van der Waals surface area (Å²) in [6, 6.07) is 5.55. The monoisotopic (exact) mass is 280 g/mol. The summed E-state index contributed by atoms with van der Waals surface area (Å²) < 4.78 is 6.13. The van der Waals surface area contributed by atoms with Gasteiger partial charge in [0, 0.05) is 17.0 Å². The molecule has 3 heteroatoms. The lowest BCUT2D eigenvalue weighted by molar-refractivity contribution is 0.0297. The van der Waals surface area contributed by atoms with Crippen LogP contribution in [0, 0.1) is 5.92 Å². The minimum Gasteiger partial charge on any atom is -0.490 e. The van der Waals surface area contributed by atoms with E-state index in [0.29, 0.717) is 17.4 Å². The average molecular weight is 281 g/mol. The summed E-state index contributed by atoms with van der Waals surface area (Å²) in [5.74, 6) is 1.42. The second-order valence-corrected chi connectivity index (χ2v) is 6.28. The largest absolute Gasteiger partial charge is 0.490 e. The van der Waals surface area contributed by atoms with Gasteiger partial charge in [0.1, 0.15) is 11.9 Å². The number of halogens is 1. The highest BCUT2D eigenvalue weighted by atomic mass is 35.5. The molecule has 2 aliphatic rings. The summed E-state index contributed by atoms with van der Waals surface area (Å²) in [7, 11) is 0. The lowest BCUT2D eigenvalue weighted by Gasteiger charge is -2.34. The number of fused-ring (bicyclic) bond motifs is 1. The summed E-state index contributed by atoms with van der Waals surface area (Å²) in [4.78, 5) is 0. The van der Waals surface area contributed by atoms with E-state index in [0.717, 1.165) is 11.3 Å². The number of hydrogen-bond donors (Lipinski definition) is 1. The Kier molecular flexibility index (Phi) is 3.99. The van der Waals surface area contributed by atoms with E-state index < -0.39 is 6.10 Å². The van der Waals surface area contributed by atoms with E-state index >= 15 is 0 Å². The fourth-order valence-electron chi connectivity index (χ4n) is 3.42. The molecule has 0 bridgehead atoms. The third-order valence-corrected chi connectivity index (χ3v) is 4.73. The van der Waals surface area contributed by atoms with Gasteiger partial charge in [-0.25, -0.2) is 0 Å². The molecular formula is C16H21ClO2. The van der Waals surface area contributed by atoms with Crippen LogP contribution < -0.4 is 4.74 Å². The van der Waals surface area contributed by atoms with Crippen LogP contribution in [0.5, 0.6) is 5.75 Å². The first-order chi connectivity index (χ1) is 9.24. The van der Waals surface area contributed by atoms with Crippen LogP contribution >= 0.6 is 11.6 Å². The zero-order valence-corrected chi connectivity index (χ0v) is 11.9. The molecule has 0 saturated heterocycles. The van der Waals surface area contributed by atoms with Gasteiger partial charge in [0.05, 0.1) is 6.10 Å². The topological polar surface area (TPSA) is 29.5 Å².